The quantitative estimate of drug-likeness (QED) is 0.0868. The molecule has 2 N–H and O–H groups in total. The van der Waals surface area contributed by atoms with Crippen molar-refractivity contribution in [2.75, 3.05) is 38.6 Å². The van der Waals surface area contributed by atoms with Gasteiger partial charge in [0.25, 0.3) is 9.84 Å². The molecule has 2 aromatic carbocycles. The molecule has 0 aliphatic rings. The lowest BCUT2D eigenvalue weighted by Gasteiger charge is -2.32. The van der Waals surface area contributed by atoms with Gasteiger partial charge in [-0.2, -0.15) is 13.2 Å². The van der Waals surface area contributed by atoms with E-state index in [1.165, 1.54) is 11.8 Å². The Hall–Kier alpha value is -1.38. The average Bonchev–Trinajstić information content (AvgIpc) is 3.01. The normalized spacial score (nSPS) is 14.8. The Bertz CT molecular complexity index is 1920. The van der Waals surface area contributed by atoms with Crippen LogP contribution in [-0.4, -0.2) is 88.2 Å². The largest absolute Gasteiger partial charge is 0.501 e. The SMILES string of the molecule is CC(C)(C)OP(=O)(OCCN(CCOP(=O)(OC(C)(C)C)OC(C)(C)C)CC[C@H](CSc1ccccc1)Cc1ccc(S(N)(=O)=O)cc1S(=O)(=O)C(F)(F)F)OC(C)(C)C. The molecule has 0 unspecified atom stereocenters. The van der Waals surface area contributed by atoms with Gasteiger partial charge >= 0.3 is 21.2 Å². The first kappa shape index (κ1) is 54.8. The molecule has 0 amide bonds. The van der Waals surface area contributed by atoms with E-state index in [0.29, 0.717) is 11.8 Å². The molecular formula is C38H63F3N2O12P2S3. The van der Waals surface area contributed by atoms with Crippen LogP contribution in [0.5, 0.6) is 0 Å². The molecule has 0 saturated heterocycles. The lowest BCUT2D eigenvalue weighted by molar-refractivity contribution is -0.0437. The summed E-state index contributed by atoms with van der Waals surface area (Å²) in [5.41, 5.74) is -9.64. The van der Waals surface area contributed by atoms with E-state index in [1.807, 2.05) is 35.2 Å². The van der Waals surface area contributed by atoms with Gasteiger partial charge in [-0.15, -0.1) is 11.8 Å². The molecule has 2 rings (SSSR count). The Kier molecular flexibility index (Phi) is 19.2. The standard InChI is InChI=1S/C38H63F3N2O12P2S3/c1-34(2,3)52-56(44,53-35(4,5)6)50-24-22-43(23-25-51-57(45,54-36(7,8)9)55-37(10,11)12)21-20-29(28-58-31-16-14-13-15-17-31)26-30-18-19-32(60(42,48)49)27-33(30)59(46,47)38(39,40)41/h13-19,27,29H,20-26,28H2,1-12H3,(H2,42,48,49)/t29-/m0/s1. The number of hydrogen-bond acceptors (Lipinski definition) is 14. The zero-order chi connectivity index (χ0) is 46.2. The molecule has 60 heavy (non-hydrogen) atoms. The van der Waals surface area contributed by atoms with E-state index < -0.39 is 79.1 Å². The van der Waals surface area contributed by atoms with E-state index >= 15 is 0 Å². The van der Waals surface area contributed by atoms with Crippen molar-refractivity contribution in [1.82, 2.24) is 4.90 Å². The summed E-state index contributed by atoms with van der Waals surface area (Å²) >= 11 is 1.39. The van der Waals surface area contributed by atoms with Gasteiger partial charge in [0.1, 0.15) is 0 Å². The minimum atomic E-state index is -6.01. The Balaban J connectivity index is 2.56. The van der Waals surface area contributed by atoms with Gasteiger partial charge in [0.2, 0.25) is 10.0 Å². The molecule has 0 bridgehead atoms. The van der Waals surface area contributed by atoms with Gasteiger partial charge in [0.15, 0.2) is 0 Å². The predicted molar refractivity (Wildman–Crippen MR) is 227 cm³/mol. The highest BCUT2D eigenvalue weighted by Gasteiger charge is 2.48. The summed E-state index contributed by atoms with van der Waals surface area (Å²) in [4.78, 5) is 0.656. The number of phosphoric ester groups is 2. The van der Waals surface area contributed by atoms with Gasteiger partial charge in [-0.1, -0.05) is 24.3 Å². The number of primary sulfonamides is 1. The molecule has 0 aromatic heterocycles. The van der Waals surface area contributed by atoms with Crippen LogP contribution in [0.4, 0.5) is 13.2 Å². The summed E-state index contributed by atoms with van der Waals surface area (Å²) in [6.45, 7) is 20.3. The second-order valence-corrected chi connectivity index (χ2v) is 25.6. The molecule has 346 valence electrons. The number of alkyl halides is 3. The van der Waals surface area contributed by atoms with E-state index in [9.17, 15) is 39.1 Å². The summed E-state index contributed by atoms with van der Waals surface area (Å²) in [5.74, 6) is -0.212. The highest BCUT2D eigenvalue weighted by atomic mass is 32.2. The van der Waals surface area contributed by atoms with Gasteiger partial charge < -0.3 is 0 Å². The third-order valence-electron chi connectivity index (χ3n) is 7.41. The molecular weight excluding hydrogens is 892 g/mol. The number of nitrogens with two attached hydrogens (primary N) is 1. The fourth-order valence-electron chi connectivity index (χ4n) is 5.29. The summed E-state index contributed by atoms with van der Waals surface area (Å²) in [7, 11) is -18.9. The number of rotatable bonds is 22. The maximum absolute atomic E-state index is 14.0. The maximum atomic E-state index is 14.0. The van der Waals surface area contributed by atoms with E-state index in [4.69, 9.17) is 32.3 Å². The number of thioether (sulfide) groups is 1. The second kappa shape index (κ2) is 21.1. The average molecular weight is 955 g/mol. The molecule has 22 heteroatoms. The smallest absolute Gasteiger partial charge is 0.299 e. The van der Waals surface area contributed by atoms with E-state index in [2.05, 4.69) is 0 Å². The van der Waals surface area contributed by atoms with Gasteiger partial charge in [-0.25, -0.2) is 31.1 Å². The van der Waals surface area contributed by atoms with Crippen LogP contribution in [0.3, 0.4) is 0 Å². The molecule has 0 saturated carbocycles. The van der Waals surface area contributed by atoms with Crippen LogP contribution in [0, 0.1) is 5.92 Å². The second-order valence-electron chi connectivity index (χ2n) is 18.0. The van der Waals surface area contributed by atoms with Crippen molar-refractivity contribution in [2.45, 2.75) is 139 Å². The van der Waals surface area contributed by atoms with Crippen LogP contribution in [0.2, 0.25) is 0 Å². The number of hydrogen-bond donors (Lipinski definition) is 1. The zero-order valence-corrected chi connectivity index (χ0v) is 40.8. The Morgan fingerprint density at radius 1 is 0.683 bits per heavy atom. The number of sulfonamides is 1. The van der Waals surface area contributed by atoms with Crippen molar-refractivity contribution in [3.63, 3.8) is 0 Å². The summed E-state index contributed by atoms with van der Waals surface area (Å²) < 4.78 is 154. The number of halogens is 3. The Morgan fingerprint density at radius 3 is 1.50 bits per heavy atom. The fourth-order valence-corrected chi connectivity index (χ4v) is 11.6. The van der Waals surface area contributed by atoms with Crippen LogP contribution >= 0.6 is 27.4 Å². The van der Waals surface area contributed by atoms with Crippen LogP contribution in [0.25, 0.3) is 0 Å². The molecule has 0 spiro atoms. The van der Waals surface area contributed by atoms with E-state index in [0.717, 1.165) is 17.0 Å². The van der Waals surface area contributed by atoms with Crippen LogP contribution in [0.1, 0.15) is 95.1 Å². The van der Waals surface area contributed by atoms with Crippen LogP contribution in [0.15, 0.2) is 63.2 Å². The number of benzene rings is 2. The van der Waals surface area contributed by atoms with E-state index in [1.54, 1.807) is 83.1 Å². The van der Waals surface area contributed by atoms with Crippen molar-refractivity contribution < 1.29 is 66.3 Å². The molecule has 0 heterocycles. The molecule has 2 aromatic rings. The highest BCUT2D eigenvalue weighted by Crippen LogP contribution is 2.56. The number of phosphoric acid groups is 2. The first-order valence-corrected chi connectivity index (χ1v) is 26.0. The minimum Gasteiger partial charge on any atom is -0.299 e. The topological polar surface area (TPSA) is 187 Å². The molecule has 0 fully saturated rings. The van der Waals surface area contributed by atoms with Crippen molar-refractivity contribution >= 4 is 47.3 Å². The maximum Gasteiger partial charge on any atom is 0.501 e. The van der Waals surface area contributed by atoms with Crippen molar-refractivity contribution in [3.8, 4) is 0 Å². The van der Waals surface area contributed by atoms with Gasteiger partial charge in [-0.05, 0) is 138 Å². The zero-order valence-electron chi connectivity index (χ0n) is 36.5. The highest BCUT2D eigenvalue weighted by molar-refractivity contribution is 7.99. The number of sulfone groups is 1. The summed E-state index contributed by atoms with van der Waals surface area (Å²) in [6.07, 6.45) is 0.0316. The lowest BCUT2D eigenvalue weighted by Crippen LogP contribution is -2.34. The Morgan fingerprint density at radius 2 is 1.12 bits per heavy atom. The third kappa shape index (κ3) is 20.4. The molecule has 0 aliphatic heterocycles. The first-order chi connectivity index (χ1) is 26.9. The fraction of sp³-hybridized carbons (Fsp3) is 0.684. The lowest BCUT2D eigenvalue weighted by atomic mass is 9.97. The predicted octanol–water partition coefficient (Wildman–Crippen LogP) is 9.78. The summed E-state index contributed by atoms with van der Waals surface area (Å²) in [5, 5.41) is 5.18. The monoisotopic (exact) mass is 954 g/mol. The van der Waals surface area contributed by atoms with Gasteiger partial charge in [0, 0.05) is 23.7 Å². The van der Waals surface area contributed by atoms with Crippen molar-refractivity contribution in [2.24, 2.45) is 11.1 Å². The molecule has 0 radical (unpaired) electrons. The molecule has 14 nitrogen and oxygen atoms in total. The van der Waals surface area contributed by atoms with Crippen molar-refractivity contribution in [1.29, 1.82) is 0 Å². The summed E-state index contributed by atoms with van der Waals surface area (Å²) in [6, 6.07) is 11.6. The van der Waals surface area contributed by atoms with E-state index in [-0.39, 0.29) is 51.3 Å². The Labute approximate surface area is 359 Å². The first-order valence-electron chi connectivity index (χ1n) is 19.1. The van der Waals surface area contributed by atoms with Gasteiger partial charge in [0.05, 0.1) is 45.4 Å². The van der Waals surface area contributed by atoms with Crippen LogP contribution < -0.4 is 5.14 Å². The van der Waals surface area contributed by atoms with Crippen molar-refractivity contribution in [3.05, 3.63) is 54.1 Å². The minimum absolute atomic E-state index is 0.0776. The molecule has 0 aliphatic carbocycles. The number of nitrogens with zero attached hydrogens (tertiary/aromatic N) is 1. The molecule has 1 atom stereocenters. The van der Waals surface area contributed by atoms with Crippen LogP contribution in [-0.2, 0) is 62.6 Å². The third-order valence-corrected chi connectivity index (χ3v) is 15.2. The van der Waals surface area contributed by atoms with Gasteiger partial charge in [-0.3, -0.25) is 32.0 Å².